The van der Waals surface area contributed by atoms with E-state index in [9.17, 15) is 8.42 Å². The van der Waals surface area contributed by atoms with Gasteiger partial charge in [-0.3, -0.25) is 0 Å². The number of hydrogen-bond acceptors (Lipinski definition) is 3. The molecule has 0 aromatic heterocycles. The van der Waals surface area contributed by atoms with E-state index in [1.807, 2.05) is 84.9 Å². The van der Waals surface area contributed by atoms with Gasteiger partial charge in [0.25, 0.3) is 0 Å². The maximum absolute atomic E-state index is 12.8. The topological polar surface area (TPSA) is 74.3 Å². The third-order valence-corrected chi connectivity index (χ3v) is 7.35. The van der Waals surface area contributed by atoms with E-state index in [1.54, 1.807) is 24.3 Å². The zero-order valence-corrected chi connectivity index (χ0v) is 25.4. The van der Waals surface area contributed by atoms with Crippen LogP contribution in [0.3, 0.4) is 0 Å². The molecule has 2 unspecified atom stereocenters. The van der Waals surface area contributed by atoms with Gasteiger partial charge >= 0.3 is 27.0 Å². The molecule has 7 heteroatoms. The second-order valence-electron chi connectivity index (χ2n) is 9.25. The average Bonchev–Trinajstić information content (AvgIpc) is 2.94. The van der Waals surface area contributed by atoms with Crippen LogP contribution in [-0.4, -0.2) is 8.42 Å². The Hall–Kier alpha value is -2.34. The molecule has 0 aliphatic rings. The molecule has 0 aliphatic carbocycles. The van der Waals surface area contributed by atoms with Gasteiger partial charge in [0.05, 0.1) is 0 Å². The van der Waals surface area contributed by atoms with Crippen molar-refractivity contribution in [2.75, 3.05) is 0 Å². The van der Waals surface area contributed by atoms with Gasteiger partial charge in [0.2, 0.25) is 0 Å². The van der Waals surface area contributed by atoms with Gasteiger partial charge in [-0.1, -0.05) is 134 Å². The summed E-state index contributed by atoms with van der Waals surface area (Å²) in [5, 5.41) is 0. The first kappa shape index (κ1) is 31.9. The Bertz CT molecular complexity index is 1320. The molecule has 0 heterocycles. The van der Waals surface area contributed by atoms with Gasteiger partial charge in [0, 0.05) is 10.9 Å². The molecule has 0 saturated carbocycles. The van der Waals surface area contributed by atoms with Crippen LogP contribution in [0.1, 0.15) is 59.7 Å². The summed E-state index contributed by atoms with van der Waals surface area (Å²) in [4.78, 5) is 0.171. The fourth-order valence-electron chi connectivity index (χ4n) is 3.71. The van der Waals surface area contributed by atoms with E-state index in [0.29, 0.717) is 5.92 Å². The van der Waals surface area contributed by atoms with Gasteiger partial charge in [-0.05, 0) is 43.0 Å². The zero-order chi connectivity index (χ0) is 28.1. The van der Waals surface area contributed by atoms with Crippen LogP contribution in [0.25, 0.3) is 4.72 Å². The van der Waals surface area contributed by atoms with Crippen LogP contribution >= 0.6 is 9.69 Å². The molecule has 0 amide bonds. The summed E-state index contributed by atoms with van der Waals surface area (Å²) in [5.74, 6) is 0.653. The Morgan fingerprint density at radius 2 is 1.08 bits per heavy atom. The van der Waals surface area contributed by atoms with Crippen molar-refractivity contribution in [2.24, 2.45) is 5.73 Å². The molecule has 0 fully saturated rings. The number of nitrogens with two attached hydrogens (primary N) is 1. The molecule has 2 N–H and O–H groups in total. The Balaban J connectivity index is 0.000000353. The van der Waals surface area contributed by atoms with E-state index in [2.05, 4.69) is 59.4 Å². The average molecular weight is 636 g/mol. The normalized spacial score (nSPS) is 12.4. The van der Waals surface area contributed by atoms with E-state index in [4.69, 9.17) is 5.73 Å². The predicted molar refractivity (Wildman–Crippen MR) is 155 cm³/mol. The first-order valence-corrected chi connectivity index (χ1v) is 15.9. The van der Waals surface area contributed by atoms with Crippen molar-refractivity contribution >= 4 is 19.7 Å². The number of aryl methyl sites for hydroxylation is 2. The van der Waals surface area contributed by atoms with E-state index in [0.717, 1.165) is 16.7 Å². The summed E-state index contributed by atoms with van der Waals surface area (Å²) in [6.07, 6.45) is 0. The van der Waals surface area contributed by atoms with Crippen molar-refractivity contribution < 1.29 is 25.7 Å². The van der Waals surface area contributed by atoms with Crippen LogP contribution in [0, 0.1) is 13.8 Å². The van der Waals surface area contributed by atoms with Crippen molar-refractivity contribution in [3.63, 3.8) is 0 Å². The Kier molecular flexibility index (Phi) is 13.4. The van der Waals surface area contributed by atoms with Crippen LogP contribution < -0.4 is 5.73 Å². The van der Waals surface area contributed by atoms with Gasteiger partial charge in [0.1, 0.15) is 10.0 Å². The minimum atomic E-state index is -3.83. The Morgan fingerprint density at radius 3 is 1.53 bits per heavy atom. The van der Waals surface area contributed by atoms with Gasteiger partial charge in [-0.25, -0.2) is 8.42 Å². The van der Waals surface area contributed by atoms with Crippen molar-refractivity contribution in [1.29, 1.82) is 0 Å². The van der Waals surface area contributed by atoms with E-state index < -0.39 is 22.1 Å². The summed E-state index contributed by atoms with van der Waals surface area (Å²) < 4.78 is 29.9. The number of halogens is 1. The van der Waals surface area contributed by atoms with Crippen LogP contribution in [0.5, 0.6) is 0 Å². The Labute approximate surface area is 242 Å². The molecule has 0 saturated heterocycles. The van der Waals surface area contributed by atoms with Gasteiger partial charge in [-0.15, -0.1) is 0 Å². The van der Waals surface area contributed by atoms with E-state index >= 15 is 0 Å². The van der Waals surface area contributed by atoms with Crippen molar-refractivity contribution in [3.05, 3.63) is 142 Å². The molecule has 38 heavy (non-hydrogen) atoms. The van der Waals surface area contributed by atoms with E-state index in [1.165, 1.54) is 11.1 Å². The molecule has 2 atom stereocenters. The monoisotopic (exact) mass is 636 g/mol. The fraction of sp³-hybridized carbons (Fsp3) is 0.226. The molecule has 4 nitrogen and oxygen atoms in total. The number of benzene rings is 4. The third-order valence-electron chi connectivity index (χ3n) is 5.98. The van der Waals surface area contributed by atoms with Gasteiger partial charge < -0.3 is 10.5 Å². The maximum atomic E-state index is 12.8. The predicted octanol–water partition coefficient (Wildman–Crippen LogP) is 8.30. The Morgan fingerprint density at radius 1 is 0.658 bits per heavy atom. The summed E-state index contributed by atoms with van der Waals surface area (Å²) in [6.45, 7) is 8.45. The van der Waals surface area contributed by atoms with Crippen molar-refractivity contribution in [3.8, 4) is 0 Å². The van der Waals surface area contributed by atoms with Gasteiger partial charge in [-0.2, -0.15) is 0 Å². The third kappa shape index (κ3) is 9.76. The van der Waals surface area contributed by atoms with Crippen LogP contribution in [0.15, 0.2) is 114 Å². The molecule has 0 radical (unpaired) electrons. The molecule has 4 aromatic carbocycles. The molecule has 0 aliphatic heterocycles. The summed E-state index contributed by atoms with van der Waals surface area (Å²) in [7, 11) is 0.736. The summed E-state index contributed by atoms with van der Waals surface area (Å²) in [6, 6.07) is 32.8. The van der Waals surface area contributed by atoms with Crippen molar-refractivity contribution in [2.45, 2.75) is 50.6 Å². The standard InChI is InChI=1S/C21H21N2O2S.C10H14.ClH.Ru/c1-16-12-14-19(15-13-16)26(24,25)23-21(18-10-6-3-7-11-18)20(22)17-8-4-2-5-9-17;1-8(2)10-6-4-9(3)5-7-10;;/h2-15,20-21H,22H2,1H3;4-8H,1-3H3;1H;/q-1;;;+2/p-1. The molecule has 4 aromatic rings. The minimum absolute atomic E-state index is 0.171. The van der Waals surface area contributed by atoms with Crippen LogP contribution in [0.2, 0.25) is 0 Å². The number of sulfonamides is 1. The van der Waals surface area contributed by atoms with Crippen LogP contribution in [-0.2, 0) is 27.3 Å². The molecule has 202 valence electrons. The molecule has 4 rings (SSSR count). The molecular formula is C31H35ClN2O2RuS. The number of hydrogen-bond donors (Lipinski definition) is 1. The first-order chi connectivity index (χ1) is 18.2. The SMILES string of the molecule is Cc1ccc(C(C)C)cc1.Cc1ccc(S(=O)(=O)[N-]C(c2ccccc2)C(N)c2ccccc2)cc1.[Cl][Ru+]. The van der Waals surface area contributed by atoms with Crippen molar-refractivity contribution in [1.82, 2.24) is 0 Å². The van der Waals surface area contributed by atoms with Gasteiger partial charge in [0.15, 0.2) is 0 Å². The van der Waals surface area contributed by atoms with E-state index in [-0.39, 0.29) is 4.90 Å². The summed E-state index contributed by atoms with van der Waals surface area (Å²) >= 11 is 1.82. The zero-order valence-electron chi connectivity index (χ0n) is 22.1. The quantitative estimate of drug-likeness (QED) is 0.208. The second-order valence-corrected chi connectivity index (χ2v) is 10.9. The molecular weight excluding hydrogens is 601 g/mol. The summed E-state index contributed by atoms with van der Waals surface area (Å²) in [5.41, 5.74) is 11.8. The molecule has 0 bridgehead atoms. The fourth-order valence-corrected chi connectivity index (χ4v) is 4.87. The second kappa shape index (κ2) is 15.9. The number of nitrogens with zero attached hydrogens (tertiary/aromatic N) is 1. The first-order valence-electron chi connectivity index (χ1n) is 12.3. The number of rotatable bonds is 7. The van der Waals surface area contributed by atoms with Crippen LogP contribution in [0.4, 0.5) is 0 Å². The molecule has 0 spiro atoms.